The van der Waals surface area contributed by atoms with Gasteiger partial charge in [0, 0.05) is 38.7 Å². The Hall–Kier alpha value is -1.50. The highest BCUT2D eigenvalue weighted by Crippen LogP contribution is 2.20. The van der Waals surface area contributed by atoms with E-state index in [-0.39, 0.29) is 0 Å². The maximum atomic E-state index is 10.4. The maximum absolute atomic E-state index is 10.4. The van der Waals surface area contributed by atoms with Gasteiger partial charge in [-0.1, -0.05) is 30.0 Å². The Bertz CT molecular complexity index is 453. The fraction of sp³-hybridized carbons (Fsp3) is 0.500. The first kappa shape index (κ1) is 13.9. The summed E-state index contributed by atoms with van der Waals surface area (Å²) < 4.78 is 0. The Labute approximate surface area is 115 Å². The molecule has 0 amide bonds. The highest BCUT2D eigenvalue weighted by molar-refractivity contribution is 5.46. The molecular weight excluding hydrogens is 236 g/mol. The Morgan fingerprint density at radius 3 is 2.53 bits per heavy atom. The van der Waals surface area contributed by atoms with E-state index in [1.54, 1.807) is 0 Å². The summed E-state index contributed by atoms with van der Waals surface area (Å²) in [4.78, 5) is 4.32. The van der Waals surface area contributed by atoms with Crippen LogP contribution in [-0.4, -0.2) is 49.3 Å². The van der Waals surface area contributed by atoms with Crippen LogP contribution in [0.3, 0.4) is 0 Å². The third kappa shape index (κ3) is 3.99. The van der Waals surface area contributed by atoms with Crippen LogP contribution >= 0.6 is 0 Å². The van der Waals surface area contributed by atoms with Crippen molar-refractivity contribution in [2.24, 2.45) is 0 Å². The second kappa shape index (κ2) is 6.10. The second-order valence-corrected chi connectivity index (χ2v) is 5.33. The van der Waals surface area contributed by atoms with Crippen LogP contribution in [-0.2, 0) is 0 Å². The molecule has 1 aliphatic rings. The van der Waals surface area contributed by atoms with E-state index >= 15 is 0 Å². The van der Waals surface area contributed by atoms with E-state index in [1.807, 2.05) is 25.2 Å². The van der Waals surface area contributed by atoms with E-state index in [1.165, 1.54) is 0 Å². The molecule has 1 saturated heterocycles. The molecule has 0 bridgehead atoms. The third-order valence-electron chi connectivity index (χ3n) is 3.65. The number of benzene rings is 1. The molecule has 0 radical (unpaired) electrons. The summed E-state index contributed by atoms with van der Waals surface area (Å²) in [5, 5.41) is 10.4. The van der Waals surface area contributed by atoms with Gasteiger partial charge in [-0.05, 0) is 19.2 Å². The van der Waals surface area contributed by atoms with Crippen LogP contribution in [0.2, 0.25) is 0 Å². The molecule has 102 valence electrons. The van der Waals surface area contributed by atoms with Crippen molar-refractivity contribution in [1.82, 2.24) is 4.90 Å². The molecule has 0 saturated carbocycles. The molecule has 1 aromatic rings. The zero-order valence-electron chi connectivity index (χ0n) is 11.8. The van der Waals surface area contributed by atoms with Gasteiger partial charge in [0.2, 0.25) is 0 Å². The number of hydrogen-bond acceptors (Lipinski definition) is 3. The highest BCUT2D eigenvalue weighted by atomic mass is 16.3. The van der Waals surface area contributed by atoms with E-state index in [0.29, 0.717) is 6.54 Å². The van der Waals surface area contributed by atoms with E-state index < -0.39 is 5.60 Å². The molecule has 1 N–H and O–H groups in total. The first-order valence-corrected chi connectivity index (χ1v) is 6.76. The third-order valence-corrected chi connectivity index (χ3v) is 3.65. The summed E-state index contributed by atoms with van der Waals surface area (Å²) in [5.74, 6) is 6.17. The van der Waals surface area contributed by atoms with Gasteiger partial charge in [-0.25, -0.2) is 0 Å². The minimum atomic E-state index is -0.788. The number of para-hydroxylation sites is 1. The summed E-state index contributed by atoms with van der Waals surface area (Å²) in [5.41, 5.74) is 0.358. The van der Waals surface area contributed by atoms with Crippen LogP contribution in [0.4, 0.5) is 5.69 Å². The maximum Gasteiger partial charge on any atom is 0.128 e. The molecule has 1 aliphatic heterocycles. The Kier molecular flexibility index (Phi) is 4.47. The van der Waals surface area contributed by atoms with Gasteiger partial charge in [0.1, 0.15) is 5.60 Å². The van der Waals surface area contributed by atoms with Crippen LogP contribution in [0.1, 0.15) is 12.8 Å². The summed E-state index contributed by atoms with van der Waals surface area (Å²) in [7, 11) is 4.10. The normalized spacial score (nSPS) is 18.5. The molecule has 0 spiro atoms. The average Bonchev–Trinajstić information content (AvgIpc) is 2.43. The van der Waals surface area contributed by atoms with Crippen molar-refractivity contribution in [2.45, 2.75) is 18.4 Å². The highest BCUT2D eigenvalue weighted by Gasteiger charge is 2.28. The van der Waals surface area contributed by atoms with Crippen LogP contribution < -0.4 is 4.90 Å². The van der Waals surface area contributed by atoms with Gasteiger partial charge < -0.3 is 14.9 Å². The summed E-state index contributed by atoms with van der Waals surface area (Å²) >= 11 is 0. The smallest absolute Gasteiger partial charge is 0.128 e. The van der Waals surface area contributed by atoms with Crippen molar-refractivity contribution >= 4 is 5.69 Å². The fourth-order valence-electron chi connectivity index (χ4n) is 2.21. The lowest BCUT2D eigenvalue weighted by atomic mass is 9.92. The Morgan fingerprint density at radius 2 is 1.89 bits per heavy atom. The van der Waals surface area contributed by atoms with E-state index in [0.717, 1.165) is 31.6 Å². The average molecular weight is 258 g/mol. The molecule has 1 heterocycles. The van der Waals surface area contributed by atoms with Crippen LogP contribution in [0.25, 0.3) is 0 Å². The van der Waals surface area contributed by atoms with Gasteiger partial charge in [-0.2, -0.15) is 0 Å². The zero-order valence-corrected chi connectivity index (χ0v) is 11.8. The van der Waals surface area contributed by atoms with Crippen molar-refractivity contribution in [3.63, 3.8) is 0 Å². The lowest BCUT2D eigenvalue weighted by Crippen LogP contribution is -2.41. The van der Waals surface area contributed by atoms with E-state index in [4.69, 9.17) is 0 Å². The van der Waals surface area contributed by atoms with Gasteiger partial charge in [-0.3, -0.25) is 0 Å². The molecule has 0 atom stereocenters. The predicted molar refractivity (Wildman–Crippen MR) is 79.2 cm³/mol. The number of anilines is 1. The van der Waals surface area contributed by atoms with Gasteiger partial charge >= 0.3 is 0 Å². The molecule has 0 aliphatic carbocycles. The first-order chi connectivity index (χ1) is 9.09. The van der Waals surface area contributed by atoms with Gasteiger partial charge in [0.05, 0.1) is 6.54 Å². The Morgan fingerprint density at radius 1 is 1.26 bits per heavy atom. The van der Waals surface area contributed by atoms with Gasteiger partial charge in [0.25, 0.3) is 0 Å². The quantitative estimate of drug-likeness (QED) is 0.816. The molecule has 2 rings (SSSR count). The standard InChI is InChI=1S/C16H22N2O/c1-17-13-10-16(19,11-14-17)9-6-12-18(2)15-7-4-3-5-8-15/h3-5,7-8,19H,10-14H2,1-2H3. The second-order valence-electron chi connectivity index (χ2n) is 5.33. The lowest BCUT2D eigenvalue weighted by Gasteiger charge is -2.32. The number of rotatable bonds is 2. The number of hydrogen-bond donors (Lipinski definition) is 1. The SMILES string of the molecule is CN1CCC(O)(C#CCN(C)c2ccccc2)CC1. The van der Waals surface area contributed by atoms with Crippen molar-refractivity contribution < 1.29 is 5.11 Å². The van der Waals surface area contributed by atoms with E-state index in [2.05, 4.69) is 40.8 Å². The fourth-order valence-corrected chi connectivity index (χ4v) is 2.21. The van der Waals surface area contributed by atoms with Crippen molar-refractivity contribution in [3.8, 4) is 11.8 Å². The molecule has 3 heteroatoms. The largest absolute Gasteiger partial charge is 0.378 e. The summed E-state index contributed by atoms with van der Waals surface area (Å²) in [6.07, 6.45) is 1.48. The molecule has 0 aromatic heterocycles. The monoisotopic (exact) mass is 258 g/mol. The molecule has 3 nitrogen and oxygen atoms in total. The van der Waals surface area contributed by atoms with Crippen molar-refractivity contribution in [3.05, 3.63) is 30.3 Å². The molecule has 1 aromatic carbocycles. The van der Waals surface area contributed by atoms with Crippen molar-refractivity contribution in [1.29, 1.82) is 0 Å². The van der Waals surface area contributed by atoms with Crippen molar-refractivity contribution in [2.75, 3.05) is 38.6 Å². The number of likely N-dealkylation sites (tertiary alicyclic amines) is 1. The summed E-state index contributed by atoms with van der Waals surface area (Å²) in [6, 6.07) is 10.2. The summed E-state index contributed by atoms with van der Waals surface area (Å²) in [6.45, 7) is 2.47. The van der Waals surface area contributed by atoms with Crippen LogP contribution in [0.5, 0.6) is 0 Å². The number of piperidine rings is 1. The number of nitrogens with zero attached hydrogens (tertiary/aromatic N) is 2. The van der Waals surface area contributed by atoms with Crippen LogP contribution in [0, 0.1) is 11.8 Å². The van der Waals surface area contributed by atoms with Crippen LogP contribution in [0.15, 0.2) is 30.3 Å². The Balaban J connectivity index is 1.90. The van der Waals surface area contributed by atoms with Gasteiger partial charge in [-0.15, -0.1) is 0 Å². The topological polar surface area (TPSA) is 26.7 Å². The first-order valence-electron chi connectivity index (χ1n) is 6.76. The minimum absolute atomic E-state index is 0.641. The molecular formula is C16H22N2O. The zero-order chi connectivity index (χ0) is 13.7. The minimum Gasteiger partial charge on any atom is -0.378 e. The lowest BCUT2D eigenvalue weighted by molar-refractivity contribution is 0.0349. The number of aliphatic hydroxyl groups is 1. The predicted octanol–water partition coefficient (Wildman–Crippen LogP) is 1.58. The van der Waals surface area contributed by atoms with Gasteiger partial charge in [0.15, 0.2) is 0 Å². The van der Waals surface area contributed by atoms with E-state index in [9.17, 15) is 5.11 Å². The molecule has 0 unspecified atom stereocenters. The molecule has 19 heavy (non-hydrogen) atoms. The molecule has 1 fully saturated rings.